The van der Waals surface area contributed by atoms with Crippen molar-refractivity contribution in [3.05, 3.63) is 12.2 Å². The van der Waals surface area contributed by atoms with Crippen molar-refractivity contribution in [2.75, 3.05) is 0 Å². The Morgan fingerprint density at radius 1 is 0.794 bits per heavy atom. The lowest BCUT2D eigenvalue weighted by Crippen LogP contribution is -2.69. The van der Waals surface area contributed by atoms with E-state index in [0.717, 1.165) is 24.8 Å². The summed E-state index contributed by atoms with van der Waals surface area (Å²) < 4.78 is 0. The van der Waals surface area contributed by atoms with Crippen LogP contribution >= 0.6 is 0 Å². The molecule has 3 N–H and O–H groups in total. The minimum Gasteiger partial charge on any atom is -0.393 e. The van der Waals surface area contributed by atoms with Crippen LogP contribution in [0.5, 0.6) is 0 Å². The first-order valence-electron chi connectivity index (χ1n) is 14.0. The number of fused-ring (bicyclic) bond motifs is 7. The van der Waals surface area contributed by atoms with Crippen LogP contribution in [0.4, 0.5) is 0 Å². The SMILES string of the molecule is C=C1C(C)C2C3CCC4[C@@]5(C)CC[C@H](O)C(C)(C)C5CC[C@@]4(C)[C@]3(C)C[C@H](O)[C@@]2(C)C[C@H]1OO. The van der Waals surface area contributed by atoms with Crippen molar-refractivity contribution in [1.82, 2.24) is 0 Å². The molecule has 194 valence electrons. The Balaban J connectivity index is 1.56. The molecule has 5 unspecified atom stereocenters. The molecule has 0 aromatic heterocycles. The quantitative estimate of drug-likeness (QED) is 0.232. The maximum atomic E-state index is 11.8. The monoisotopic (exact) mass is 474 g/mol. The first kappa shape index (κ1) is 25.2. The fraction of sp³-hybridized carbons (Fsp3) is 0.933. The summed E-state index contributed by atoms with van der Waals surface area (Å²) in [4.78, 5) is 4.87. The molecule has 4 heteroatoms. The molecule has 5 saturated carbocycles. The lowest BCUT2D eigenvalue weighted by Gasteiger charge is -2.74. The summed E-state index contributed by atoms with van der Waals surface area (Å²) in [5.41, 5.74) is 1.17. The van der Waals surface area contributed by atoms with E-state index in [2.05, 4.69) is 55.0 Å². The first-order chi connectivity index (χ1) is 15.7. The van der Waals surface area contributed by atoms with E-state index in [1.54, 1.807) is 0 Å². The van der Waals surface area contributed by atoms with Gasteiger partial charge in [-0.2, -0.15) is 0 Å². The third kappa shape index (κ3) is 2.86. The average molecular weight is 475 g/mol. The van der Waals surface area contributed by atoms with E-state index in [-0.39, 0.29) is 45.2 Å². The molecule has 34 heavy (non-hydrogen) atoms. The molecule has 0 aliphatic heterocycles. The topological polar surface area (TPSA) is 69.9 Å². The van der Waals surface area contributed by atoms with Crippen molar-refractivity contribution < 1.29 is 20.4 Å². The van der Waals surface area contributed by atoms with Crippen LogP contribution in [0.1, 0.15) is 99.8 Å². The van der Waals surface area contributed by atoms with Crippen molar-refractivity contribution in [3.8, 4) is 0 Å². The van der Waals surface area contributed by atoms with Crippen LogP contribution in [0.3, 0.4) is 0 Å². The summed E-state index contributed by atoms with van der Waals surface area (Å²) >= 11 is 0. The van der Waals surface area contributed by atoms with Crippen LogP contribution in [0, 0.1) is 56.7 Å². The molecule has 12 atom stereocenters. The molecule has 5 rings (SSSR count). The van der Waals surface area contributed by atoms with E-state index in [4.69, 9.17) is 4.89 Å². The van der Waals surface area contributed by atoms with E-state index in [1.165, 1.54) is 25.7 Å². The third-order valence-electron chi connectivity index (χ3n) is 13.8. The number of rotatable bonds is 1. The van der Waals surface area contributed by atoms with Gasteiger partial charge in [-0.1, -0.05) is 55.0 Å². The lowest BCUT2D eigenvalue weighted by atomic mass is 9.31. The average Bonchev–Trinajstić information content (AvgIpc) is 2.75. The van der Waals surface area contributed by atoms with Crippen molar-refractivity contribution in [2.24, 2.45) is 56.7 Å². The Bertz CT molecular complexity index is 853. The van der Waals surface area contributed by atoms with Gasteiger partial charge < -0.3 is 10.2 Å². The zero-order valence-electron chi connectivity index (χ0n) is 22.7. The van der Waals surface area contributed by atoms with Crippen LogP contribution in [-0.2, 0) is 4.89 Å². The van der Waals surface area contributed by atoms with Crippen LogP contribution in [0.15, 0.2) is 12.2 Å². The lowest BCUT2D eigenvalue weighted by molar-refractivity contribution is -0.306. The summed E-state index contributed by atoms with van der Waals surface area (Å²) in [7, 11) is 0. The van der Waals surface area contributed by atoms with Gasteiger partial charge in [-0.25, -0.2) is 4.89 Å². The van der Waals surface area contributed by atoms with Gasteiger partial charge in [0, 0.05) is 5.41 Å². The standard InChI is InChI=1S/C30H50O4/c1-17-18(2)25-19-9-10-22-27(5)13-12-23(31)26(3,4)21(27)11-14-29(22,7)30(19,8)16-24(32)28(25,6)15-20(17)34-33/h18-25,31-33H,1,9-16H2,2-8H3/t18?,19?,20-,21?,22?,23+,24+,25?,27+,28-,29-,30-/m1/s1. The van der Waals surface area contributed by atoms with E-state index >= 15 is 0 Å². The Morgan fingerprint density at radius 3 is 2.12 bits per heavy atom. The van der Waals surface area contributed by atoms with Crippen molar-refractivity contribution in [2.45, 2.75) is 118 Å². The molecule has 5 aliphatic rings. The number of aliphatic hydroxyl groups excluding tert-OH is 2. The molecule has 0 radical (unpaired) electrons. The molecular formula is C30H50O4. The van der Waals surface area contributed by atoms with Gasteiger partial charge in [-0.15, -0.1) is 0 Å². The van der Waals surface area contributed by atoms with E-state index in [0.29, 0.717) is 30.1 Å². The van der Waals surface area contributed by atoms with Gasteiger partial charge in [0.1, 0.15) is 6.10 Å². The molecule has 5 fully saturated rings. The molecular weight excluding hydrogens is 424 g/mol. The summed E-state index contributed by atoms with van der Waals surface area (Å²) in [6.45, 7) is 21.1. The molecule has 0 heterocycles. The minimum absolute atomic E-state index is 0.0360. The predicted molar refractivity (Wildman–Crippen MR) is 135 cm³/mol. The van der Waals surface area contributed by atoms with Gasteiger partial charge in [0.15, 0.2) is 0 Å². The molecule has 0 amide bonds. The van der Waals surface area contributed by atoms with Crippen LogP contribution < -0.4 is 0 Å². The molecule has 0 saturated heterocycles. The molecule has 0 aromatic rings. The highest BCUT2D eigenvalue weighted by molar-refractivity contribution is 5.24. The molecule has 0 aromatic carbocycles. The fourth-order valence-corrected chi connectivity index (χ4v) is 11.6. The number of aliphatic hydroxyl groups is 2. The maximum absolute atomic E-state index is 11.8. The summed E-state index contributed by atoms with van der Waals surface area (Å²) in [5, 5.41) is 32.3. The highest BCUT2D eigenvalue weighted by Gasteiger charge is 2.71. The minimum atomic E-state index is -0.405. The number of hydrogen-bond acceptors (Lipinski definition) is 4. The zero-order chi connectivity index (χ0) is 25.1. The third-order valence-corrected chi connectivity index (χ3v) is 13.8. The highest BCUT2D eigenvalue weighted by Crippen LogP contribution is 2.76. The summed E-state index contributed by atoms with van der Waals surface area (Å²) in [6.07, 6.45) is 7.35. The normalized spacial score (nSPS) is 58.8. The van der Waals surface area contributed by atoms with E-state index in [1.807, 2.05) is 0 Å². The van der Waals surface area contributed by atoms with Gasteiger partial charge in [0.05, 0.1) is 12.2 Å². The highest BCUT2D eigenvalue weighted by atomic mass is 17.1. The van der Waals surface area contributed by atoms with Crippen molar-refractivity contribution in [3.63, 3.8) is 0 Å². The van der Waals surface area contributed by atoms with Gasteiger partial charge in [-0.05, 0) is 108 Å². The van der Waals surface area contributed by atoms with Gasteiger partial charge in [0.25, 0.3) is 0 Å². The van der Waals surface area contributed by atoms with Crippen molar-refractivity contribution in [1.29, 1.82) is 0 Å². The smallest absolute Gasteiger partial charge is 0.114 e. The summed E-state index contributed by atoms with van der Waals surface area (Å²) in [6, 6.07) is 0. The molecule has 4 nitrogen and oxygen atoms in total. The van der Waals surface area contributed by atoms with Crippen LogP contribution in [-0.4, -0.2) is 33.8 Å². The Kier molecular flexibility index (Phi) is 5.61. The second kappa shape index (κ2) is 7.55. The zero-order valence-corrected chi connectivity index (χ0v) is 22.7. The second-order valence-corrected chi connectivity index (χ2v) is 15.0. The first-order valence-corrected chi connectivity index (χ1v) is 14.0. The largest absolute Gasteiger partial charge is 0.393 e. The van der Waals surface area contributed by atoms with Gasteiger partial charge in [-0.3, -0.25) is 5.26 Å². The maximum Gasteiger partial charge on any atom is 0.114 e. The van der Waals surface area contributed by atoms with Crippen LogP contribution in [0.25, 0.3) is 0 Å². The molecule has 0 bridgehead atoms. The van der Waals surface area contributed by atoms with Gasteiger partial charge >= 0.3 is 0 Å². The summed E-state index contributed by atoms with van der Waals surface area (Å²) in [5.74, 6) is 2.28. The van der Waals surface area contributed by atoms with Crippen molar-refractivity contribution >= 4 is 0 Å². The second-order valence-electron chi connectivity index (χ2n) is 15.0. The Hall–Kier alpha value is -0.420. The Labute approximate surface area is 207 Å². The molecule has 0 spiro atoms. The molecule has 5 aliphatic carbocycles. The predicted octanol–water partition coefficient (Wildman–Crippen LogP) is 6.46. The fourth-order valence-electron chi connectivity index (χ4n) is 11.6. The van der Waals surface area contributed by atoms with Gasteiger partial charge in [0.2, 0.25) is 0 Å². The van der Waals surface area contributed by atoms with Crippen LogP contribution in [0.2, 0.25) is 0 Å². The van der Waals surface area contributed by atoms with E-state index < -0.39 is 6.10 Å². The number of hydrogen-bond donors (Lipinski definition) is 3. The Morgan fingerprint density at radius 2 is 1.47 bits per heavy atom. The van der Waals surface area contributed by atoms with E-state index in [9.17, 15) is 15.5 Å².